The highest BCUT2D eigenvalue weighted by Crippen LogP contribution is 2.15. The van der Waals surface area contributed by atoms with Gasteiger partial charge < -0.3 is 10.6 Å². The summed E-state index contributed by atoms with van der Waals surface area (Å²) in [6.07, 6.45) is 3.77. The lowest BCUT2D eigenvalue weighted by Gasteiger charge is -2.31. The lowest BCUT2D eigenvalue weighted by Crippen LogP contribution is -2.46. The summed E-state index contributed by atoms with van der Waals surface area (Å²) in [5.74, 6) is 0.446. The third kappa shape index (κ3) is 8.70. The Labute approximate surface area is 133 Å². The van der Waals surface area contributed by atoms with Gasteiger partial charge in [-0.1, -0.05) is 13.0 Å². The summed E-state index contributed by atoms with van der Waals surface area (Å²) < 4.78 is 0. The van der Waals surface area contributed by atoms with E-state index in [4.69, 9.17) is 0 Å². The van der Waals surface area contributed by atoms with Gasteiger partial charge in [0.1, 0.15) is 0 Å². The van der Waals surface area contributed by atoms with E-state index >= 15 is 0 Å². The molecule has 1 aliphatic rings. The number of urea groups is 1. The summed E-state index contributed by atoms with van der Waals surface area (Å²) in [6.45, 7) is 10.1. The van der Waals surface area contributed by atoms with Crippen LogP contribution in [-0.4, -0.2) is 56.1 Å². The van der Waals surface area contributed by atoms with Gasteiger partial charge in [-0.2, -0.15) is 0 Å². The Hall–Kier alpha value is -1.11. The molecule has 1 aliphatic heterocycles. The Kier molecular flexibility index (Phi) is 10.9. The van der Waals surface area contributed by atoms with Gasteiger partial charge in [0.2, 0.25) is 5.91 Å². The van der Waals surface area contributed by atoms with E-state index in [2.05, 4.69) is 34.4 Å². The van der Waals surface area contributed by atoms with Crippen molar-refractivity contribution in [2.45, 2.75) is 19.8 Å². The molecule has 0 unspecified atom stereocenters. The predicted octanol–water partition coefficient (Wildman–Crippen LogP) is 0.741. The number of halogens is 1. The molecule has 0 spiro atoms. The maximum atomic E-state index is 11.7. The largest absolute Gasteiger partial charge is 0.334 e. The molecule has 0 aliphatic carbocycles. The number of carbonyl (C=O) groups excluding carboxylic acids is 2. The minimum atomic E-state index is -0.461. The molecule has 6 nitrogen and oxygen atoms in total. The Balaban J connectivity index is 0.00000400. The van der Waals surface area contributed by atoms with Crippen LogP contribution in [0.2, 0.25) is 0 Å². The highest BCUT2D eigenvalue weighted by molar-refractivity contribution is 5.95. The first-order chi connectivity index (χ1) is 9.65. The van der Waals surface area contributed by atoms with Crippen LogP contribution in [0, 0.1) is 5.92 Å². The maximum absolute atomic E-state index is 11.7. The molecule has 0 aromatic carbocycles. The van der Waals surface area contributed by atoms with Crippen LogP contribution in [0.3, 0.4) is 0 Å². The topological polar surface area (TPSA) is 73.5 Å². The van der Waals surface area contributed by atoms with Crippen LogP contribution in [0.15, 0.2) is 12.7 Å². The van der Waals surface area contributed by atoms with Crippen LogP contribution in [-0.2, 0) is 4.79 Å². The van der Waals surface area contributed by atoms with E-state index in [1.165, 1.54) is 0 Å². The first-order valence-corrected chi connectivity index (χ1v) is 7.27. The molecule has 1 heterocycles. The number of imide groups is 1. The Morgan fingerprint density at radius 3 is 2.57 bits per heavy atom. The summed E-state index contributed by atoms with van der Waals surface area (Å²) >= 11 is 0. The van der Waals surface area contributed by atoms with Gasteiger partial charge in [0, 0.05) is 6.54 Å². The molecule has 0 aromatic heterocycles. The van der Waals surface area contributed by atoms with Gasteiger partial charge in [-0.15, -0.1) is 19.0 Å². The third-order valence-corrected chi connectivity index (χ3v) is 3.42. The van der Waals surface area contributed by atoms with Crippen molar-refractivity contribution in [3.8, 4) is 0 Å². The van der Waals surface area contributed by atoms with Crippen molar-refractivity contribution in [1.82, 2.24) is 20.9 Å². The number of nitrogens with one attached hydrogen (secondary N) is 3. The van der Waals surface area contributed by atoms with Gasteiger partial charge in [0.25, 0.3) is 0 Å². The van der Waals surface area contributed by atoms with Gasteiger partial charge >= 0.3 is 6.03 Å². The highest BCUT2D eigenvalue weighted by Gasteiger charge is 2.20. The molecule has 3 N–H and O–H groups in total. The van der Waals surface area contributed by atoms with Crippen LogP contribution < -0.4 is 16.0 Å². The van der Waals surface area contributed by atoms with Crippen molar-refractivity contribution in [3.05, 3.63) is 12.7 Å². The van der Waals surface area contributed by atoms with Crippen molar-refractivity contribution >= 4 is 24.3 Å². The lowest BCUT2D eigenvalue weighted by molar-refractivity contribution is -0.121. The van der Waals surface area contributed by atoms with Crippen LogP contribution >= 0.6 is 12.4 Å². The number of hydrogen-bond acceptors (Lipinski definition) is 4. The van der Waals surface area contributed by atoms with E-state index in [-0.39, 0.29) is 24.9 Å². The number of piperidine rings is 1. The van der Waals surface area contributed by atoms with Crippen molar-refractivity contribution in [1.29, 1.82) is 0 Å². The van der Waals surface area contributed by atoms with Gasteiger partial charge in [0.15, 0.2) is 0 Å². The number of likely N-dealkylation sites (tertiary alicyclic amines) is 1. The Morgan fingerprint density at radius 1 is 1.33 bits per heavy atom. The van der Waals surface area contributed by atoms with Crippen molar-refractivity contribution < 1.29 is 9.59 Å². The van der Waals surface area contributed by atoms with Crippen LogP contribution in [0.1, 0.15) is 19.8 Å². The monoisotopic (exact) mass is 318 g/mol. The first kappa shape index (κ1) is 19.9. The first-order valence-electron chi connectivity index (χ1n) is 7.27. The molecule has 0 aromatic rings. The van der Waals surface area contributed by atoms with Gasteiger partial charge in [0.05, 0.1) is 6.54 Å². The van der Waals surface area contributed by atoms with Gasteiger partial charge in [-0.25, -0.2) is 4.79 Å². The zero-order chi connectivity index (χ0) is 14.8. The van der Waals surface area contributed by atoms with E-state index < -0.39 is 6.03 Å². The molecule has 1 fully saturated rings. The summed E-state index contributed by atoms with van der Waals surface area (Å²) in [4.78, 5) is 25.1. The van der Waals surface area contributed by atoms with Crippen LogP contribution in [0.5, 0.6) is 0 Å². The second kappa shape index (κ2) is 11.5. The Bertz CT molecular complexity index is 331. The van der Waals surface area contributed by atoms with E-state index in [1.807, 2.05) is 0 Å². The molecule has 122 valence electrons. The Morgan fingerprint density at radius 2 is 2.00 bits per heavy atom. The number of hydrogen-bond donors (Lipinski definition) is 3. The number of rotatable bonds is 7. The predicted molar refractivity (Wildman–Crippen MR) is 86.7 cm³/mol. The molecule has 0 bridgehead atoms. The molecule has 1 saturated heterocycles. The SMILES string of the molecule is C=CCNC(=O)NC(=O)CN1CCC(CNCC)CC1.Cl. The van der Waals surface area contributed by atoms with Gasteiger partial charge in [-0.3, -0.25) is 15.0 Å². The lowest BCUT2D eigenvalue weighted by atomic mass is 9.97. The van der Waals surface area contributed by atoms with Crippen molar-refractivity contribution in [2.24, 2.45) is 5.92 Å². The third-order valence-electron chi connectivity index (χ3n) is 3.42. The number of amides is 3. The summed E-state index contributed by atoms with van der Waals surface area (Å²) in [5, 5.41) is 8.19. The number of nitrogens with zero attached hydrogens (tertiary/aromatic N) is 1. The second-order valence-corrected chi connectivity index (χ2v) is 5.07. The molecule has 0 saturated carbocycles. The normalized spacial score (nSPS) is 15.9. The van der Waals surface area contributed by atoms with E-state index in [0.717, 1.165) is 39.0 Å². The fourth-order valence-corrected chi connectivity index (χ4v) is 2.28. The molecule has 7 heteroatoms. The van der Waals surface area contributed by atoms with E-state index in [1.54, 1.807) is 6.08 Å². The molecular weight excluding hydrogens is 292 g/mol. The molecule has 3 amide bonds. The minimum absolute atomic E-state index is 0. The average molecular weight is 319 g/mol. The van der Waals surface area contributed by atoms with E-state index in [9.17, 15) is 9.59 Å². The molecule has 0 radical (unpaired) electrons. The quantitative estimate of drug-likeness (QED) is 0.605. The van der Waals surface area contributed by atoms with Crippen molar-refractivity contribution in [3.63, 3.8) is 0 Å². The smallest absolute Gasteiger partial charge is 0.321 e. The highest BCUT2D eigenvalue weighted by atomic mass is 35.5. The molecular formula is C14H27ClN4O2. The summed E-state index contributed by atoms with van der Waals surface area (Å²) in [6, 6.07) is -0.461. The molecule has 0 atom stereocenters. The molecule has 21 heavy (non-hydrogen) atoms. The van der Waals surface area contributed by atoms with Gasteiger partial charge in [-0.05, 0) is 44.9 Å². The fourth-order valence-electron chi connectivity index (χ4n) is 2.28. The summed E-state index contributed by atoms with van der Waals surface area (Å²) in [7, 11) is 0. The minimum Gasteiger partial charge on any atom is -0.334 e. The zero-order valence-electron chi connectivity index (χ0n) is 12.7. The van der Waals surface area contributed by atoms with Crippen LogP contribution in [0.25, 0.3) is 0 Å². The zero-order valence-corrected chi connectivity index (χ0v) is 13.5. The van der Waals surface area contributed by atoms with Crippen LogP contribution in [0.4, 0.5) is 4.79 Å². The average Bonchev–Trinajstić information content (AvgIpc) is 2.44. The summed E-state index contributed by atoms with van der Waals surface area (Å²) in [5.41, 5.74) is 0. The molecule has 1 rings (SSSR count). The second-order valence-electron chi connectivity index (χ2n) is 5.07. The van der Waals surface area contributed by atoms with Crippen molar-refractivity contribution in [2.75, 3.05) is 39.3 Å². The maximum Gasteiger partial charge on any atom is 0.321 e. The van der Waals surface area contributed by atoms with E-state index in [0.29, 0.717) is 12.5 Å². The fraction of sp³-hybridized carbons (Fsp3) is 0.714. The number of carbonyl (C=O) groups is 2. The standard InChI is InChI=1S/C14H26N4O2.ClH/c1-3-7-16-14(20)17-13(19)11-18-8-5-12(6-9-18)10-15-4-2;/h3,12,15H,1,4-11H2,2H3,(H2,16,17,19,20);1H.